The molecule has 0 radical (unpaired) electrons. The smallest absolute Gasteiger partial charge is 0.318 e. The van der Waals surface area contributed by atoms with Gasteiger partial charge in [-0.05, 0) is 31.5 Å². The number of benzene rings is 1. The van der Waals surface area contributed by atoms with Gasteiger partial charge in [0.15, 0.2) is 11.6 Å². The SMILES string of the molecule is CCOC(=O)C(CC)c1nc(-c2ccc(F)c(F)c2)no1. The Morgan fingerprint density at radius 1 is 1.33 bits per heavy atom. The molecule has 0 bridgehead atoms. The molecule has 1 aromatic heterocycles. The molecule has 7 heteroatoms. The number of carbonyl (C=O) groups excluding carboxylic acids is 1. The highest BCUT2D eigenvalue weighted by molar-refractivity contribution is 5.76. The molecule has 5 nitrogen and oxygen atoms in total. The lowest BCUT2D eigenvalue weighted by Gasteiger charge is -2.08. The standard InChI is InChI=1S/C14H14F2N2O3/c1-3-9(14(19)20-4-2)13-17-12(18-21-13)8-5-6-10(15)11(16)7-8/h5-7,9H,3-4H2,1-2H3. The van der Waals surface area contributed by atoms with Crippen molar-refractivity contribution in [2.75, 3.05) is 6.61 Å². The van der Waals surface area contributed by atoms with Gasteiger partial charge in [-0.2, -0.15) is 4.98 Å². The average Bonchev–Trinajstić information content (AvgIpc) is 2.92. The summed E-state index contributed by atoms with van der Waals surface area (Å²) in [5.74, 6) is -2.91. The van der Waals surface area contributed by atoms with E-state index in [4.69, 9.17) is 9.26 Å². The van der Waals surface area contributed by atoms with Crippen molar-refractivity contribution in [3.63, 3.8) is 0 Å². The minimum absolute atomic E-state index is 0.0895. The molecule has 0 aliphatic heterocycles. The number of aromatic nitrogens is 2. The van der Waals surface area contributed by atoms with E-state index < -0.39 is 23.5 Å². The van der Waals surface area contributed by atoms with Gasteiger partial charge >= 0.3 is 5.97 Å². The molecule has 1 atom stereocenters. The van der Waals surface area contributed by atoms with Gasteiger partial charge in [0.05, 0.1) is 6.61 Å². The fourth-order valence-corrected chi connectivity index (χ4v) is 1.81. The molecule has 0 aliphatic carbocycles. The highest BCUT2D eigenvalue weighted by Crippen LogP contribution is 2.24. The van der Waals surface area contributed by atoms with Gasteiger partial charge in [-0.15, -0.1) is 0 Å². The van der Waals surface area contributed by atoms with Gasteiger partial charge in [0, 0.05) is 5.56 Å². The van der Waals surface area contributed by atoms with Crippen LogP contribution < -0.4 is 0 Å². The zero-order valence-corrected chi connectivity index (χ0v) is 11.6. The van der Waals surface area contributed by atoms with Crippen LogP contribution in [0.2, 0.25) is 0 Å². The fraction of sp³-hybridized carbons (Fsp3) is 0.357. The van der Waals surface area contributed by atoms with E-state index in [9.17, 15) is 13.6 Å². The van der Waals surface area contributed by atoms with Crippen molar-refractivity contribution in [2.24, 2.45) is 0 Å². The van der Waals surface area contributed by atoms with Crippen molar-refractivity contribution in [1.29, 1.82) is 0 Å². The molecule has 0 N–H and O–H groups in total. The number of esters is 1. The molecule has 2 aromatic rings. The van der Waals surface area contributed by atoms with Gasteiger partial charge < -0.3 is 9.26 Å². The quantitative estimate of drug-likeness (QED) is 0.793. The first-order valence-electron chi connectivity index (χ1n) is 6.52. The van der Waals surface area contributed by atoms with E-state index in [2.05, 4.69) is 10.1 Å². The molecule has 21 heavy (non-hydrogen) atoms. The summed E-state index contributed by atoms with van der Waals surface area (Å²) >= 11 is 0. The highest BCUT2D eigenvalue weighted by atomic mass is 19.2. The Kier molecular flexibility index (Phi) is 4.62. The third kappa shape index (κ3) is 3.24. The first kappa shape index (κ1) is 15.1. The fourth-order valence-electron chi connectivity index (χ4n) is 1.81. The maximum Gasteiger partial charge on any atom is 0.318 e. The van der Waals surface area contributed by atoms with E-state index in [1.54, 1.807) is 13.8 Å². The monoisotopic (exact) mass is 296 g/mol. The molecule has 0 aliphatic rings. The number of hydrogen-bond acceptors (Lipinski definition) is 5. The van der Waals surface area contributed by atoms with Crippen molar-refractivity contribution in [3.05, 3.63) is 35.7 Å². The number of ether oxygens (including phenoxy) is 1. The van der Waals surface area contributed by atoms with E-state index in [0.717, 1.165) is 12.1 Å². The van der Waals surface area contributed by atoms with Crippen molar-refractivity contribution in [2.45, 2.75) is 26.2 Å². The summed E-state index contributed by atoms with van der Waals surface area (Å²) in [6.45, 7) is 3.73. The van der Waals surface area contributed by atoms with Crippen LogP contribution in [0.5, 0.6) is 0 Å². The molecule has 0 saturated carbocycles. The predicted octanol–water partition coefficient (Wildman–Crippen LogP) is 3.07. The van der Waals surface area contributed by atoms with Crippen molar-refractivity contribution in [3.8, 4) is 11.4 Å². The van der Waals surface area contributed by atoms with E-state index >= 15 is 0 Å². The summed E-state index contributed by atoms with van der Waals surface area (Å²) in [4.78, 5) is 15.8. The van der Waals surface area contributed by atoms with E-state index in [-0.39, 0.29) is 23.9 Å². The minimum Gasteiger partial charge on any atom is -0.465 e. The summed E-state index contributed by atoms with van der Waals surface area (Å²) in [5, 5.41) is 3.69. The van der Waals surface area contributed by atoms with Crippen LogP contribution in [0.15, 0.2) is 22.7 Å². The van der Waals surface area contributed by atoms with Crippen LogP contribution in [0.25, 0.3) is 11.4 Å². The van der Waals surface area contributed by atoms with E-state index in [0.29, 0.717) is 6.42 Å². The van der Waals surface area contributed by atoms with E-state index in [1.165, 1.54) is 6.07 Å². The van der Waals surface area contributed by atoms with Gasteiger partial charge in [-0.25, -0.2) is 8.78 Å². The van der Waals surface area contributed by atoms with Crippen molar-refractivity contribution < 1.29 is 22.8 Å². The topological polar surface area (TPSA) is 65.2 Å². The van der Waals surface area contributed by atoms with Gasteiger partial charge in [0.1, 0.15) is 5.92 Å². The van der Waals surface area contributed by atoms with Gasteiger partial charge in [-0.3, -0.25) is 4.79 Å². The summed E-state index contributed by atoms with van der Waals surface area (Å²) in [6, 6.07) is 3.27. The summed E-state index contributed by atoms with van der Waals surface area (Å²) in [5.41, 5.74) is 0.266. The van der Waals surface area contributed by atoms with Crippen LogP contribution in [0.3, 0.4) is 0 Å². The molecule has 112 valence electrons. The largest absolute Gasteiger partial charge is 0.465 e. The molecule has 0 fully saturated rings. The molecule has 0 spiro atoms. The lowest BCUT2D eigenvalue weighted by Crippen LogP contribution is -2.15. The summed E-state index contributed by atoms with van der Waals surface area (Å²) in [7, 11) is 0. The Morgan fingerprint density at radius 2 is 2.10 bits per heavy atom. The summed E-state index contributed by atoms with van der Waals surface area (Å²) in [6.07, 6.45) is 0.429. The number of carbonyl (C=O) groups is 1. The molecular formula is C14H14F2N2O3. The zero-order valence-electron chi connectivity index (χ0n) is 11.6. The first-order valence-corrected chi connectivity index (χ1v) is 6.52. The average molecular weight is 296 g/mol. The number of halogens is 2. The van der Waals surface area contributed by atoms with Gasteiger partial charge in [-0.1, -0.05) is 12.1 Å². The first-order chi connectivity index (χ1) is 10.1. The Balaban J connectivity index is 2.27. The Hall–Kier alpha value is -2.31. The van der Waals surface area contributed by atoms with Crippen molar-refractivity contribution in [1.82, 2.24) is 10.1 Å². The second-order valence-corrected chi connectivity index (χ2v) is 4.30. The Bertz CT molecular complexity index is 643. The van der Waals surface area contributed by atoms with Gasteiger partial charge in [0.2, 0.25) is 11.7 Å². The van der Waals surface area contributed by atoms with Crippen LogP contribution in [0.1, 0.15) is 32.1 Å². The number of rotatable bonds is 5. The maximum atomic E-state index is 13.2. The zero-order chi connectivity index (χ0) is 15.4. The third-order valence-electron chi connectivity index (χ3n) is 2.90. The second-order valence-electron chi connectivity index (χ2n) is 4.30. The lowest BCUT2D eigenvalue weighted by atomic mass is 10.1. The molecular weight excluding hydrogens is 282 g/mol. The molecule has 0 amide bonds. The van der Waals surface area contributed by atoms with Crippen LogP contribution in [0.4, 0.5) is 8.78 Å². The molecule has 2 rings (SSSR count). The van der Waals surface area contributed by atoms with Gasteiger partial charge in [0.25, 0.3) is 0 Å². The normalized spacial score (nSPS) is 12.2. The Morgan fingerprint density at radius 3 is 2.71 bits per heavy atom. The summed E-state index contributed by atoms with van der Waals surface area (Å²) < 4.78 is 36.0. The maximum absolute atomic E-state index is 13.2. The minimum atomic E-state index is -1.00. The third-order valence-corrected chi connectivity index (χ3v) is 2.90. The van der Waals surface area contributed by atoms with Crippen LogP contribution in [0, 0.1) is 11.6 Å². The predicted molar refractivity (Wildman–Crippen MR) is 69.3 cm³/mol. The molecule has 1 aromatic carbocycles. The Labute approximate surface area is 119 Å². The number of hydrogen-bond donors (Lipinski definition) is 0. The highest BCUT2D eigenvalue weighted by Gasteiger charge is 2.26. The lowest BCUT2D eigenvalue weighted by molar-refractivity contribution is -0.145. The number of nitrogens with zero attached hydrogens (tertiary/aromatic N) is 2. The van der Waals surface area contributed by atoms with Crippen LogP contribution in [-0.4, -0.2) is 22.7 Å². The van der Waals surface area contributed by atoms with E-state index in [1.807, 2.05) is 0 Å². The van der Waals surface area contributed by atoms with Crippen LogP contribution in [-0.2, 0) is 9.53 Å². The molecule has 1 unspecified atom stereocenters. The van der Waals surface area contributed by atoms with Crippen molar-refractivity contribution >= 4 is 5.97 Å². The van der Waals surface area contributed by atoms with Crippen LogP contribution >= 0.6 is 0 Å². The second kappa shape index (κ2) is 6.43. The molecule has 0 saturated heterocycles. The molecule has 1 heterocycles.